The molecule has 1 aromatic carbocycles. The highest BCUT2D eigenvalue weighted by Gasteiger charge is 2.26. The maximum Gasteiger partial charge on any atom is 0.238 e. The largest absolute Gasteiger partial charge is 0.440 e. The number of carbonyl (C=O) groups is 1. The molecule has 3 heterocycles. The Balaban J connectivity index is 1.33. The van der Waals surface area contributed by atoms with Gasteiger partial charge in [-0.3, -0.25) is 14.4 Å². The standard InChI is InChI=1S/C20H25N5O2/c1-13-19(14(2)24(3)23-13)22-18(26)12-25-10-8-15(9-11-25)20-21-16-6-4-5-7-17(16)27-20/h4-7,15H,8-12H2,1-3H3,(H,22,26). The summed E-state index contributed by atoms with van der Waals surface area (Å²) < 4.78 is 7.70. The zero-order valence-electron chi connectivity index (χ0n) is 16.0. The molecule has 0 unspecified atom stereocenters. The maximum atomic E-state index is 12.4. The summed E-state index contributed by atoms with van der Waals surface area (Å²) in [6.45, 7) is 5.99. The van der Waals surface area contributed by atoms with Gasteiger partial charge in [-0.1, -0.05) is 12.1 Å². The summed E-state index contributed by atoms with van der Waals surface area (Å²) >= 11 is 0. The van der Waals surface area contributed by atoms with E-state index in [4.69, 9.17) is 4.42 Å². The van der Waals surface area contributed by atoms with Crippen molar-refractivity contribution in [2.45, 2.75) is 32.6 Å². The molecule has 27 heavy (non-hydrogen) atoms. The first-order chi connectivity index (χ1) is 13.0. The number of amides is 1. The Bertz CT molecular complexity index is 933. The molecule has 0 aliphatic carbocycles. The Labute approximate surface area is 158 Å². The fourth-order valence-corrected chi connectivity index (χ4v) is 3.74. The normalized spacial score (nSPS) is 16.1. The Morgan fingerprint density at radius 3 is 2.67 bits per heavy atom. The van der Waals surface area contributed by atoms with Gasteiger partial charge >= 0.3 is 0 Å². The predicted molar refractivity (Wildman–Crippen MR) is 104 cm³/mol. The Kier molecular flexibility index (Phi) is 4.70. The van der Waals surface area contributed by atoms with Crippen LogP contribution in [-0.2, 0) is 11.8 Å². The highest BCUT2D eigenvalue weighted by Crippen LogP contribution is 2.29. The van der Waals surface area contributed by atoms with Crippen molar-refractivity contribution in [1.82, 2.24) is 19.7 Å². The molecule has 7 heteroatoms. The molecule has 1 N–H and O–H groups in total. The van der Waals surface area contributed by atoms with Crippen molar-refractivity contribution in [3.63, 3.8) is 0 Å². The number of rotatable bonds is 4. The molecule has 0 atom stereocenters. The summed E-state index contributed by atoms with van der Waals surface area (Å²) in [5.74, 6) is 1.15. The second kappa shape index (κ2) is 7.15. The number of aromatic nitrogens is 3. The first kappa shape index (κ1) is 17.7. The summed E-state index contributed by atoms with van der Waals surface area (Å²) in [6, 6.07) is 7.86. The van der Waals surface area contributed by atoms with Crippen LogP contribution >= 0.6 is 0 Å². The van der Waals surface area contributed by atoms with Gasteiger partial charge in [-0.25, -0.2) is 4.98 Å². The lowest BCUT2D eigenvalue weighted by Gasteiger charge is -2.29. The van der Waals surface area contributed by atoms with Gasteiger partial charge in [-0.2, -0.15) is 5.10 Å². The fourth-order valence-electron chi connectivity index (χ4n) is 3.74. The predicted octanol–water partition coefficient (Wildman–Crippen LogP) is 3.00. The number of hydrogen-bond acceptors (Lipinski definition) is 5. The average molecular weight is 367 g/mol. The summed E-state index contributed by atoms with van der Waals surface area (Å²) in [5.41, 5.74) is 4.39. The van der Waals surface area contributed by atoms with E-state index in [0.29, 0.717) is 12.5 Å². The van der Waals surface area contributed by atoms with Gasteiger partial charge in [0.1, 0.15) is 5.52 Å². The van der Waals surface area contributed by atoms with Crippen molar-refractivity contribution in [2.75, 3.05) is 25.0 Å². The highest BCUT2D eigenvalue weighted by atomic mass is 16.3. The molecule has 1 aliphatic heterocycles. The molecule has 1 saturated heterocycles. The number of nitrogens with one attached hydrogen (secondary N) is 1. The van der Waals surface area contributed by atoms with Gasteiger partial charge in [0.2, 0.25) is 5.91 Å². The fraction of sp³-hybridized carbons (Fsp3) is 0.450. The summed E-state index contributed by atoms with van der Waals surface area (Å²) in [5, 5.41) is 7.36. The van der Waals surface area contributed by atoms with Gasteiger partial charge in [0, 0.05) is 13.0 Å². The molecule has 1 aliphatic rings. The second-order valence-corrected chi connectivity index (χ2v) is 7.29. The van der Waals surface area contributed by atoms with E-state index in [1.54, 1.807) is 4.68 Å². The van der Waals surface area contributed by atoms with E-state index >= 15 is 0 Å². The minimum atomic E-state index is 0.00881. The van der Waals surface area contributed by atoms with Crippen LogP contribution in [0.2, 0.25) is 0 Å². The molecule has 0 spiro atoms. The third-order valence-electron chi connectivity index (χ3n) is 5.39. The molecule has 2 aromatic heterocycles. The molecule has 3 aromatic rings. The van der Waals surface area contributed by atoms with Gasteiger partial charge in [-0.15, -0.1) is 0 Å². The van der Waals surface area contributed by atoms with Crippen LogP contribution in [0.4, 0.5) is 5.69 Å². The number of para-hydroxylation sites is 2. The van der Waals surface area contributed by atoms with E-state index in [1.165, 1.54) is 0 Å². The van der Waals surface area contributed by atoms with E-state index in [9.17, 15) is 4.79 Å². The van der Waals surface area contributed by atoms with E-state index in [2.05, 4.69) is 20.3 Å². The molecule has 0 bridgehead atoms. The van der Waals surface area contributed by atoms with Crippen LogP contribution in [0.1, 0.15) is 36.0 Å². The topological polar surface area (TPSA) is 76.2 Å². The minimum Gasteiger partial charge on any atom is -0.440 e. The summed E-state index contributed by atoms with van der Waals surface area (Å²) in [6.07, 6.45) is 1.90. The molecular formula is C20H25N5O2. The van der Waals surface area contributed by atoms with Crippen LogP contribution in [-0.4, -0.2) is 45.2 Å². The van der Waals surface area contributed by atoms with Crippen molar-refractivity contribution in [3.05, 3.63) is 41.5 Å². The molecule has 7 nitrogen and oxygen atoms in total. The lowest BCUT2D eigenvalue weighted by Crippen LogP contribution is -2.38. The Hall–Kier alpha value is -2.67. The average Bonchev–Trinajstić information content (AvgIpc) is 3.19. The molecule has 0 radical (unpaired) electrons. The number of fused-ring (bicyclic) bond motifs is 1. The van der Waals surface area contributed by atoms with Gasteiger partial charge in [-0.05, 0) is 51.9 Å². The van der Waals surface area contributed by atoms with Crippen molar-refractivity contribution in [1.29, 1.82) is 0 Å². The van der Waals surface area contributed by atoms with Crippen LogP contribution in [0.25, 0.3) is 11.1 Å². The zero-order valence-corrected chi connectivity index (χ0v) is 16.0. The van der Waals surface area contributed by atoms with Crippen LogP contribution in [0.15, 0.2) is 28.7 Å². The first-order valence-corrected chi connectivity index (χ1v) is 9.39. The third-order valence-corrected chi connectivity index (χ3v) is 5.39. The third kappa shape index (κ3) is 3.60. The summed E-state index contributed by atoms with van der Waals surface area (Å²) in [7, 11) is 1.88. The number of oxazole rings is 1. The van der Waals surface area contributed by atoms with Gasteiger partial charge < -0.3 is 9.73 Å². The number of aryl methyl sites for hydroxylation is 2. The number of carbonyl (C=O) groups excluding carboxylic acids is 1. The molecule has 142 valence electrons. The smallest absolute Gasteiger partial charge is 0.238 e. The van der Waals surface area contributed by atoms with Gasteiger partial charge in [0.15, 0.2) is 11.5 Å². The number of piperidine rings is 1. The summed E-state index contributed by atoms with van der Waals surface area (Å²) in [4.78, 5) is 19.3. The maximum absolute atomic E-state index is 12.4. The van der Waals surface area contributed by atoms with E-state index in [-0.39, 0.29) is 5.91 Å². The molecule has 1 fully saturated rings. The number of anilines is 1. The van der Waals surface area contributed by atoms with E-state index < -0.39 is 0 Å². The minimum absolute atomic E-state index is 0.00881. The quantitative estimate of drug-likeness (QED) is 0.767. The second-order valence-electron chi connectivity index (χ2n) is 7.29. The van der Waals surface area contributed by atoms with Gasteiger partial charge in [0.05, 0.1) is 23.6 Å². The van der Waals surface area contributed by atoms with Crippen LogP contribution in [0, 0.1) is 13.8 Å². The number of nitrogens with zero attached hydrogens (tertiary/aromatic N) is 4. The van der Waals surface area contributed by atoms with Crippen LogP contribution in [0.5, 0.6) is 0 Å². The van der Waals surface area contributed by atoms with Crippen molar-refractivity contribution in [3.8, 4) is 0 Å². The lowest BCUT2D eigenvalue weighted by molar-refractivity contribution is -0.117. The highest BCUT2D eigenvalue weighted by molar-refractivity contribution is 5.93. The molecule has 0 saturated carbocycles. The number of benzene rings is 1. The first-order valence-electron chi connectivity index (χ1n) is 9.39. The van der Waals surface area contributed by atoms with Crippen molar-refractivity contribution in [2.24, 2.45) is 7.05 Å². The number of likely N-dealkylation sites (tertiary alicyclic amines) is 1. The lowest BCUT2D eigenvalue weighted by atomic mass is 9.97. The Morgan fingerprint density at radius 1 is 1.26 bits per heavy atom. The van der Waals surface area contributed by atoms with E-state index in [0.717, 1.165) is 60.0 Å². The molecular weight excluding hydrogens is 342 g/mol. The zero-order chi connectivity index (χ0) is 19.0. The van der Waals surface area contributed by atoms with Crippen LogP contribution in [0.3, 0.4) is 0 Å². The van der Waals surface area contributed by atoms with Crippen molar-refractivity contribution >= 4 is 22.7 Å². The molecule has 1 amide bonds. The molecule has 4 rings (SSSR count). The van der Waals surface area contributed by atoms with Gasteiger partial charge in [0.25, 0.3) is 0 Å². The monoisotopic (exact) mass is 367 g/mol. The van der Waals surface area contributed by atoms with Crippen LogP contribution < -0.4 is 5.32 Å². The SMILES string of the molecule is Cc1nn(C)c(C)c1NC(=O)CN1CCC(c2nc3ccccc3o2)CC1. The Morgan fingerprint density at radius 2 is 2.00 bits per heavy atom. The van der Waals surface area contributed by atoms with Crippen molar-refractivity contribution < 1.29 is 9.21 Å². The van der Waals surface area contributed by atoms with E-state index in [1.807, 2.05) is 45.2 Å². The number of hydrogen-bond donors (Lipinski definition) is 1.